The Balaban J connectivity index is 1.37. The average Bonchev–Trinajstić information content (AvgIpc) is 3.31. The van der Waals surface area contributed by atoms with Gasteiger partial charge in [-0.3, -0.25) is 0 Å². The van der Waals surface area contributed by atoms with Crippen LogP contribution in [-0.4, -0.2) is 50.7 Å². The highest BCUT2D eigenvalue weighted by Crippen LogP contribution is 2.22. The van der Waals surface area contributed by atoms with Crippen LogP contribution in [0.15, 0.2) is 24.3 Å². The topological polar surface area (TPSA) is 87.7 Å². The lowest BCUT2D eigenvalue weighted by molar-refractivity contribution is 0.0457. The maximum absolute atomic E-state index is 12.1. The zero-order chi connectivity index (χ0) is 19.3. The number of ether oxygens (including phenoxy) is 1. The van der Waals surface area contributed by atoms with Crippen LogP contribution < -0.4 is 10.6 Å². The van der Waals surface area contributed by atoms with Crippen LogP contribution in [-0.2, 0) is 21.4 Å². The van der Waals surface area contributed by atoms with Gasteiger partial charge < -0.3 is 15.4 Å². The van der Waals surface area contributed by atoms with Crippen molar-refractivity contribution >= 4 is 21.7 Å². The molecule has 0 radical (unpaired) electrons. The van der Waals surface area contributed by atoms with Crippen molar-refractivity contribution in [2.24, 2.45) is 5.92 Å². The van der Waals surface area contributed by atoms with Gasteiger partial charge in [0.2, 0.25) is 10.0 Å². The highest BCUT2D eigenvalue weighted by atomic mass is 32.2. The standard InChI is InChI=1S/C19H29N3O4S/c1-27(24,25)22-11-10-16(13-22)12-20-19(23)21-17-8-6-15(7-9-17)14-26-18-4-2-3-5-18/h6-9,16,18H,2-5,10-14H2,1H3,(H2,20,21,23)/t16-/m1/s1. The molecular weight excluding hydrogens is 366 g/mol. The van der Waals surface area contributed by atoms with Crippen LogP contribution in [0.2, 0.25) is 0 Å². The van der Waals surface area contributed by atoms with E-state index in [0.29, 0.717) is 32.3 Å². The summed E-state index contributed by atoms with van der Waals surface area (Å²) < 4.78 is 30.4. The van der Waals surface area contributed by atoms with E-state index in [1.807, 2.05) is 24.3 Å². The zero-order valence-corrected chi connectivity index (χ0v) is 16.6. The summed E-state index contributed by atoms with van der Waals surface area (Å²) in [5.74, 6) is 0.153. The molecule has 8 heteroatoms. The van der Waals surface area contributed by atoms with Gasteiger partial charge >= 0.3 is 6.03 Å². The summed E-state index contributed by atoms with van der Waals surface area (Å²) in [7, 11) is -3.14. The third-order valence-electron chi connectivity index (χ3n) is 5.27. The van der Waals surface area contributed by atoms with Crippen LogP contribution in [0.25, 0.3) is 0 Å². The summed E-state index contributed by atoms with van der Waals surface area (Å²) in [6.07, 6.45) is 7.21. The average molecular weight is 396 g/mol. The minimum Gasteiger partial charge on any atom is -0.374 e. The lowest BCUT2D eigenvalue weighted by Gasteiger charge is -2.14. The van der Waals surface area contributed by atoms with E-state index in [1.54, 1.807) is 0 Å². The van der Waals surface area contributed by atoms with Gasteiger partial charge in [0.15, 0.2) is 0 Å². The van der Waals surface area contributed by atoms with Gasteiger partial charge in [-0.2, -0.15) is 0 Å². The quantitative estimate of drug-likeness (QED) is 0.743. The predicted octanol–water partition coefficient (Wildman–Crippen LogP) is 2.55. The van der Waals surface area contributed by atoms with Crippen molar-refractivity contribution in [3.05, 3.63) is 29.8 Å². The molecule has 7 nitrogen and oxygen atoms in total. The van der Waals surface area contributed by atoms with Gasteiger partial charge in [-0.1, -0.05) is 25.0 Å². The van der Waals surface area contributed by atoms with Crippen LogP contribution in [0.4, 0.5) is 10.5 Å². The number of carbonyl (C=O) groups is 1. The Morgan fingerprint density at radius 2 is 1.89 bits per heavy atom. The first kappa shape index (κ1) is 20.1. The number of hydrogen-bond acceptors (Lipinski definition) is 4. The third kappa shape index (κ3) is 6.19. The number of rotatable bonds is 7. The van der Waals surface area contributed by atoms with Gasteiger partial charge in [-0.05, 0) is 42.9 Å². The van der Waals surface area contributed by atoms with Gasteiger partial charge in [0.25, 0.3) is 0 Å². The van der Waals surface area contributed by atoms with E-state index >= 15 is 0 Å². The molecule has 0 unspecified atom stereocenters. The van der Waals surface area contributed by atoms with Crippen molar-refractivity contribution in [3.8, 4) is 0 Å². The maximum Gasteiger partial charge on any atom is 0.319 e. The molecule has 150 valence electrons. The summed E-state index contributed by atoms with van der Waals surface area (Å²) in [6, 6.07) is 7.39. The molecule has 2 fully saturated rings. The fourth-order valence-electron chi connectivity index (χ4n) is 3.63. The van der Waals surface area contributed by atoms with E-state index in [0.717, 1.165) is 30.5 Å². The number of anilines is 1. The smallest absolute Gasteiger partial charge is 0.319 e. The van der Waals surface area contributed by atoms with Crippen LogP contribution in [0.5, 0.6) is 0 Å². The molecule has 2 aliphatic rings. The first-order valence-electron chi connectivity index (χ1n) is 9.60. The summed E-state index contributed by atoms with van der Waals surface area (Å²) in [5, 5.41) is 5.63. The number of nitrogens with zero attached hydrogens (tertiary/aromatic N) is 1. The lowest BCUT2D eigenvalue weighted by atomic mass is 10.1. The monoisotopic (exact) mass is 395 g/mol. The fourth-order valence-corrected chi connectivity index (χ4v) is 4.55. The summed E-state index contributed by atoms with van der Waals surface area (Å²) >= 11 is 0. The molecule has 1 saturated heterocycles. The van der Waals surface area contributed by atoms with Crippen LogP contribution >= 0.6 is 0 Å². The fraction of sp³-hybridized carbons (Fsp3) is 0.632. The summed E-state index contributed by atoms with van der Waals surface area (Å²) in [6.45, 7) is 2.06. The highest BCUT2D eigenvalue weighted by Gasteiger charge is 2.28. The first-order chi connectivity index (χ1) is 12.9. The zero-order valence-electron chi connectivity index (χ0n) is 15.8. The van der Waals surface area contributed by atoms with Gasteiger partial charge in [0, 0.05) is 25.3 Å². The number of amides is 2. The van der Waals surface area contributed by atoms with E-state index in [-0.39, 0.29) is 11.9 Å². The number of sulfonamides is 1. The van der Waals surface area contributed by atoms with Crippen molar-refractivity contribution in [1.82, 2.24) is 9.62 Å². The molecule has 2 amide bonds. The SMILES string of the molecule is CS(=O)(=O)N1CC[C@H](CNC(=O)Nc2ccc(COC3CCCC3)cc2)C1. The van der Waals surface area contributed by atoms with Crippen LogP contribution in [0.3, 0.4) is 0 Å². The number of nitrogens with one attached hydrogen (secondary N) is 2. The van der Waals surface area contributed by atoms with Gasteiger partial charge in [-0.15, -0.1) is 0 Å². The Morgan fingerprint density at radius 3 is 2.52 bits per heavy atom. The molecule has 1 heterocycles. The number of carbonyl (C=O) groups excluding carboxylic acids is 1. The van der Waals surface area contributed by atoms with E-state index in [2.05, 4.69) is 10.6 Å². The van der Waals surface area contributed by atoms with Gasteiger partial charge in [0.1, 0.15) is 0 Å². The Hall–Kier alpha value is -1.64. The lowest BCUT2D eigenvalue weighted by Crippen LogP contribution is -2.35. The molecule has 0 aromatic heterocycles. The normalized spacial score (nSPS) is 21.4. The van der Waals surface area contributed by atoms with Crippen LogP contribution in [0, 0.1) is 5.92 Å². The van der Waals surface area contributed by atoms with Gasteiger partial charge in [0.05, 0.1) is 19.0 Å². The minimum absolute atomic E-state index is 0.153. The third-order valence-corrected chi connectivity index (χ3v) is 6.54. The molecule has 3 rings (SSSR count). The largest absolute Gasteiger partial charge is 0.374 e. The Bertz CT molecular complexity index is 730. The van der Waals surface area contributed by atoms with Crippen molar-refractivity contribution in [1.29, 1.82) is 0 Å². The molecule has 1 saturated carbocycles. The Kier molecular flexibility index (Phi) is 6.73. The van der Waals surface area contributed by atoms with E-state index in [4.69, 9.17) is 4.74 Å². The maximum atomic E-state index is 12.1. The minimum atomic E-state index is -3.14. The van der Waals surface area contributed by atoms with Crippen molar-refractivity contribution < 1.29 is 17.9 Å². The second-order valence-electron chi connectivity index (χ2n) is 7.53. The number of benzene rings is 1. The molecule has 0 bridgehead atoms. The Labute approximate surface area is 161 Å². The Morgan fingerprint density at radius 1 is 1.19 bits per heavy atom. The molecular formula is C19H29N3O4S. The molecule has 1 aliphatic heterocycles. The molecule has 1 aliphatic carbocycles. The highest BCUT2D eigenvalue weighted by molar-refractivity contribution is 7.88. The van der Waals surface area contributed by atoms with Crippen LogP contribution in [0.1, 0.15) is 37.7 Å². The first-order valence-corrected chi connectivity index (χ1v) is 11.5. The van der Waals surface area contributed by atoms with Crippen molar-refractivity contribution in [3.63, 3.8) is 0 Å². The molecule has 1 atom stereocenters. The van der Waals surface area contributed by atoms with E-state index in [1.165, 1.54) is 23.4 Å². The summed E-state index contributed by atoms with van der Waals surface area (Å²) in [4.78, 5) is 12.1. The second-order valence-corrected chi connectivity index (χ2v) is 9.51. The molecule has 27 heavy (non-hydrogen) atoms. The molecule has 0 spiro atoms. The molecule has 1 aromatic carbocycles. The number of hydrogen-bond donors (Lipinski definition) is 2. The molecule has 1 aromatic rings. The summed E-state index contributed by atoms with van der Waals surface area (Å²) in [5.41, 5.74) is 1.82. The predicted molar refractivity (Wildman–Crippen MR) is 105 cm³/mol. The number of urea groups is 1. The van der Waals surface area contributed by atoms with E-state index in [9.17, 15) is 13.2 Å². The van der Waals surface area contributed by atoms with Crippen molar-refractivity contribution in [2.75, 3.05) is 31.2 Å². The van der Waals surface area contributed by atoms with Gasteiger partial charge in [-0.25, -0.2) is 17.5 Å². The molecule has 2 N–H and O–H groups in total. The van der Waals surface area contributed by atoms with Crippen molar-refractivity contribution in [2.45, 2.75) is 44.8 Å². The second kappa shape index (κ2) is 9.03. The van der Waals surface area contributed by atoms with E-state index < -0.39 is 10.0 Å².